The molecule has 0 aromatic heterocycles. The minimum Gasteiger partial charge on any atom is -0.389 e. The van der Waals surface area contributed by atoms with Gasteiger partial charge in [-0.1, -0.05) is 42.5 Å². The van der Waals surface area contributed by atoms with Gasteiger partial charge in [0.15, 0.2) is 0 Å². The van der Waals surface area contributed by atoms with Crippen molar-refractivity contribution in [1.82, 2.24) is 0 Å². The largest absolute Gasteiger partial charge is 0.389 e. The van der Waals surface area contributed by atoms with Crippen molar-refractivity contribution in [1.29, 1.82) is 0 Å². The van der Waals surface area contributed by atoms with Crippen LogP contribution in [0.3, 0.4) is 0 Å². The smallest absolute Gasteiger partial charge is 0.0781 e. The van der Waals surface area contributed by atoms with Crippen LogP contribution in [0.4, 0.5) is 5.69 Å². The highest BCUT2D eigenvalue weighted by molar-refractivity contribution is 5.52. The van der Waals surface area contributed by atoms with Gasteiger partial charge in [-0.2, -0.15) is 0 Å². The fourth-order valence-electron chi connectivity index (χ4n) is 2.02. The first-order valence-electron chi connectivity index (χ1n) is 6.24. The average molecular weight is 241 g/mol. The molecule has 1 unspecified atom stereocenters. The molecule has 18 heavy (non-hydrogen) atoms. The molecule has 0 aliphatic rings. The Bertz CT molecular complexity index is 520. The summed E-state index contributed by atoms with van der Waals surface area (Å²) < 4.78 is 0. The second kappa shape index (κ2) is 5.69. The van der Waals surface area contributed by atoms with E-state index in [0.717, 1.165) is 17.8 Å². The molecule has 2 aromatic carbocycles. The Morgan fingerprint density at radius 2 is 1.72 bits per heavy atom. The van der Waals surface area contributed by atoms with Crippen molar-refractivity contribution < 1.29 is 5.11 Å². The van der Waals surface area contributed by atoms with E-state index in [-0.39, 0.29) is 0 Å². The van der Waals surface area contributed by atoms with Gasteiger partial charge < -0.3 is 10.4 Å². The number of para-hydroxylation sites is 1. The number of nitrogens with one attached hydrogen (secondary N) is 1. The van der Waals surface area contributed by atoms with Crippen molar-refractivity contribution in [3.05, 3.63) is 65.2 Å². The quantitative estimate of drug-likeness (QED) is 0.856. The normalized spacial score (nSPS) is 12.2. The zero-order chi connectivity index (χ0) is 13.0. The fraction of sp³-hybridized carbons (Fsp3) is 0.250. The molecular weight excluding hydrogens is 222 g/mol. The number of aliphatic hydroxyl groups excluding tert-OH is 1. The lowest BCUT2D eigenvalue weighted by Gasteiger charge is -2.14. The molecule has 2 nitrogen and oxygen atoms in total. The Morgan fingerprint density at radius 1 is 1.06 bits per heavy atom. The first kappa shape index (κ1) is 12.7. The molecule has 0 saturated heterocycles. The molecular formula is C16H19NO. The summed E-state index contributed by atoms with van der Waals surface area (Å²) in [5.41, 5.74) is 4.49. The van der Waals surface area contributed by atoms with E-state index in [9.17, 15) is 5.11 Å². The number of anilines is 1. The van der Waals surface area contributed by atoms with Crippen molar-refractivity contribution in [2.45, 2.75) is 26.5 Å². The molecule has 0 spiro atoms. The van der Waals surface area contributed by atoms with Crippen LogP contribution < -0.4 is 5.32 Å². The maximum atomic E-state index is 9.72. The first-order chi connectivity index (χ1) is 8.68. The third-order valence-corrected chi connectivity index (χ3v) is 3.14. The van der Waals surface area contributed by atoms with Gasteiger partial charge in [0, 0.05) is 17.8 Å². The van der Waals surface area contributed by atoms with E-state index in [4.69, 9.17) is 0 Å². The molecule has 0 aliphatic carbocycles. The SMILES string of the molecule is Cc1ccccc1CNc1ccccc1C(C)O. The van der Waals surface area contributed by atoms with E-state index >= 15 is 0 Å². The molecule has 2 N–H and O–H groups in total. The lowest BCUT2D eigenvalue weighted by molar-refractivity contribution is 0.200. The summed E-state index contributed by atoms with van der Waals surface area (Å²) in [7, 11) is 0. The van der Waals surface area contributed by atoms with E-state index in [0.29, 0.717) is 0 Å². The van der Waals surface area contributed by atoms with Crippen LogP contribution in [0.1, 0.15) is 29.7 Å². The molecule has 0 saturated carbocycles. The molecule has 2 heteroatoms. The minimum absolute atomic E-state index is 0.453. The molecule has 0 bridgehead atoms. The predicted octanol–water partition coefficient (Wildman–Crippen LogP) is 3.66. The van der Waals surface area contributed by atoms with Crippen LogP contribution in [0.25, 0.3) is 0 Å². The lowest BCUT2D eigenvalue weighted by Crippen LogP contribution is -2.05. The number of aryl methyl sites for hydroxylation is 1. The molecule has 0 fully saturated rings. The summed E-state index contributed by atoms with van der Waals surface area (Å²) in [6.45, 7) is 4.67. The van der Waals surface area contributed by atoms with E-state index in [1.165, 1.54) is 11.1 Å². The molecule has 94 valence electrons. The van der Waals surface area contributed by atoms with Crippen LogP contribution in [0.15, 0.2) is 48.5 Å². The Balaban J connectivity index is 2.14. The zero-order valence-electron chi connectivity index (χ0n) is 10.9. The molecule has 1 atom stereocenters. The van der Waals surface area contributed by atoms with E-state index in [1.54, 1.807) is 6.92 Å². The molecule has 0 radical (unpaired) electrons. The third-order valence-electron chi connectivity index (χ3n) is 3.14. The summed E-state index contributed by atoms with van der Waals surface area (Å²) in [5.74, 6) is 0. The molecule has 2 rings (SSSR count). The lowest BCUT2D eigenvalue weighted by atomic mass is 10.1. The molecule has 0 amide bonds. The van der Waals surface area contributed by atoms with Crippen LogP contribution in [0.2, 0.25) is 0 Å². The topological polar surface area (TPSA) is 32.3 Å². The number of benzene rings is 2. The van der Waals surface area contributed by atoms with Gasteiger partial charge in [-0.3, -0.25) is 0 Å². The van der Waals surface area contributed by atoms with E-state index in [2.05, 4.69) is 24.4 Å². The zero-order valence-corrected chi connectivity index (χ0v) is 10.9. The van der Waals surface area contributed by atoms with Gasteiger partial charge in [0.05, 0.1) is 6.10 Å². The number of hydrogen-bond acceptors (Lipinski definition) is 2. The second-order valence-electron chi connectivity index (χ2n) is 4.54. The maximum Gasteiger partial charge on any atom is 0.0781 e. The Hall–Kier alpha value is -1.80. The van der Waals surface area contributed by atoms with Crippen LogP contribution in [-0.4, -0.2) is 5.11 Å². The van der Waals surface area contributed by atoms with Gasteiger partial charge in [0.1, 0.15) is 0 Å². The summed E-state index contributed by atoms with van der Waals surface area (Å²) >= 11 is 0. The Kier molecular flexibility index (Phi) is 4.00. The van der Waals surface area contributed by atoms with Gasteiger partial charge in [-0.15, -0.1) is 0 Å². The van der Waals surface area contributed by atoms with Crippen LogP contribution in [-0.2, 0) is 6.54 Å². The van der Waals surface area contributed by atoms with Crippen molar-refractivity contribution in [2.75, 3.05) is 5.32 Å². The van der Waals surface area contributed by atoms with Gasteiger partial charge in [-0.25, -0.2) is 0 Å². The monoisotopic (exact) mass is 241 g/mol. The van der Waals surface area contributed by atoms with Crippen LogP contribution >= 0.6 is 0 Å². The third kappa shape index (κ3) is 2.90. The first-order valence-corrected chi connectivity index (χ1v) is 6.24. The standard InChI is InChI=1S/C16H19NO/c1-12-7-3-4-8-14(12)11-17-16-10-6-5-9-15(16)13(2)18/h3-10,13,17-18H,11H2,1-2H3. The Labute approximate surface area is 108 Å². The fourth-order valence-corrected chi connectivity index (χ4v) is 2.02. The van der Waals surface area contributed by atoms with Gasteiger partial charge >= 0.3 is 0 Å². The van der Waals surface area contributed by atoms with Crippen molar-refractivity contribution in [2.24, 2.45) is 0 Å². The number of aliphatic hydroxyl groups is 1. The average Bonchev–Trinajstić information content (AvgIpc) is 2.38. The Morgan fingerprint density at radius 3 is 2.44 bits per heavy atom. The van der Waals surface area contributed by atoms with Gasteiger partial charge in [0.2, 0.25) is 0 Å². The number of rotatable bonds is 4. The summed E-state index contributed by atoms with van der Waals surface area (Å²) in [6, 6.07) is 16.2. The highest BCUT2D eigenvalue weighted by atomic mass is 16.3. The summed E-state index contributed by atoms with van der Waals surface area (Å²) in [4.78, 5) is 0. The summed E-state index contributed by atoms with van der Waals surface area (Å²) in [5, 5.41) is 13.1. The summed E-state index contributed by atoms with van der Waals surface area (Å²) in [6.07, 6.45) is -0.453. The van der Waals surface area contributed by atoms with Crippen molar-refractivity contribution in [3.8, 4) is 0 Å². The molecule has 0 aliphatic heterocycles. The minimum atomic E-state index is -0.453. The van der Waals surface area contributed by atoms with E-state index < -0.39 is 6.10 Å². The molecule has 2 aromatic rings. The van der Waals surface area contributed by atoms with Gasteiger partial charge in [0.25, 0.3) is 0 Å². The highest BCUT2D eigenvalue weighted by Gasteiger charge is 2.06. The van der Waals surface area contributed by atoms with Crippen LogP contribution in [0.5, 0.6) is 0 Å². The highest BCUT2D eigenvalue weighted by Crippen LogP contribution is 2.23. The molecule has 0 heterocycles. The van der Waals surface area contributed by atoms with Gasteiger partial charge in [-0.05, 0) is 31.0 Å². The van der Waals surface area contributed by atoms with Crippen molar-refractivity contribution >= 4 is 5.69 Å². The predicted molar refractivity (Wildman–Crippen MR) is 75.6 cm³/mol. The maximum absolute atomic E-state index is 9.72. The van der Waals surface area contributed by atoms with Crippen molar-refractivity contribution in [3.63, 3.8) is 0 Å². The van der Waals surface area contributed by atoms with Crippen LogP contribution in [0, 0.1) is 6.92 Å². The number of hydrogen-bond donors (Lipinski definition) is 2. The second-order valence-corrected chi connectivity index (χ2v) is 4.54. The van der Waals surface area contributed by atoms with E-state index in [1.807, 2.05) is 36.4 Å².